The largest absolute Gasteiger partial charge is 0.512 e. The molecule has 0 heterocycles. The number of hydrogen-bond acceptors (Lipinski definition) is 6. The average Bonchev–Trinajstić information content (AvgIpc) is 2.95. The Labute approximate surface area is 251 Å². The van der Waals surface area contributed by atoms with Gasteiger partial charge in [0.15, 0.2) is 0 Å². The monoisotopic (exact) mass is 635 g/mol. The second-order valence-electron chi connectivity index (χ2n) is 10.5. The minimum atomic E-state index is -6.22. The zero-order chi connectivity index (χ0) is 31.4. The fourth-order valence-corrected chi connectivity index (χ4v) is 7.97. The molecule has 0 aliphatic heterocycles. The molecular weight excluding hydrogens is 599 g/mol. The molecule has 0 atom stereocenters. The van der Waals surface area contributed by atoms with E-state index in [2.05, 4.69) is 16.8 Å². The van der Waals surface area contributed by atoms with Gasteiger partial charge in [0.25, 0.3) is 10.0 Å². The van der Waals surface area contributed by atoms with Gasteiger partial charge in [-0.2, -0.15) is 13.2 Å². The first kappa shape index (κ1) is 32.6. The highest BCUT2D eigenvalue weighted by Crippen LogP contribution is 2.33. The third kappa shape index (κ3) is 7.60. The normalized spacial score (nSPS) is 14.8. The Hall–Kier alpha value is -3.35. The topological polar surface area (TPSA) is 95.6 Å². The smallest absolute Gasteiger partial charge is 0.382 e. The summed E-state index contributed by atoms with van der Waals surface area (Å²) in [6, 6.07) is 18.8. The molecule has 12 heteroatoms. The number of alkyl halides is 3. The second kappa shape index (κ2) is 13.1. The van der Waals surface area contributed by atoms with Crippen molar-refractivity contribution in [3.63, 3.8) is 0 Å². The maximum absolute atomic E-state index is 13.6. The number of nitrogens with zero attached hydrogens (tertiary/aromatic N) is 1. The van der Waals surface area contributed by atoms with Crippen LogP contribution in [0.5, 0.6) is 0 Å². The van der Waals surface area contributed by atoms with Crippen molar-refractivity contribution in [2.24, 2.45) is 0 Å². The molecule has 1 aliphatic rings. The highest BCUT2D eigenvalue weighted by atomic mass is 32.3. The van der Waals surface area contributed by atoms with Crippen molar-refractivity contribution in [3.05, 3.63) is 88.3 Å². The molecule has 1 aliphatic carbocycles. The lowest BCUT2D eigenvalue weighted by Crippen LogP contribution is -2.40. The zero-order valence-electron chi connectivity index (χ0n) is 24.1. The summed E-state index contributed by atoms with van der Waals surface area (Å²) in [4.78, 5) is 1.54. The lowest BCUT2D eigenvalue weighted by molar-refractivity contribution is -0.0441. The van der Waals surface area contributed by atoms with Crippen LogP contribution in [0.3, 0.4) is 0 Å². The fraction of sp³-hybridized carbons (Fsp3) is 0.355. The van der Waals surface area contributed by atoms with E-state index in [1.165, 1.54) is 12.1 Å². The van der Waals surface area contributed by atoms with Crippen molar-refractivity contribution >= 4 is 43.6 Å². The van der Waals surface area contributed by atoms with Crippen LogP contribution in [0.25, 0.3) is 12.2 Å². The van der Waals surface area contributed by atoms with E-state index in [4.69, 9.17) is 0 Å². The summed E-state index contributed by atoms with van der Waals surface area (Å²) in [6.07, 6.45) is 4.80. The molecule has 1 fully saturated rings. The van der Waals surface area contributed by atoms with Crippen LogP contribution in [0.4, 0.5) is 24.5 Å². The van der Waals surface area contributed by atoms with Gasteiger partial charge < -0.3 is 10.2 Å². The summed E-state index contributed by atoms with van der Waals surface area (Å²) in [6.45, 7) is 9.50. The highest BCUT2D eigenvalue weighted by Gasteiger charge is 2.48. The molecule has 4 rings (SSSR count). The van der Waals surface area contributed by atoms with E-state index in [0.29, 0.717) is 27.3 Å². The molecule has 0 bridgehead atoms. The van der Waals surface area contributed by atoms with Crippen molar-refractivity contribution in [1.82, 2.24) is 4.13 Å². The van der Waals surface area contributed by atoms with Crippen LogP contribution >= 0.6 is 0 Å². The van der Waals surface area contributed by atoms with Crippen LogP contribution in [0.2, 0.25) is 0 Å². The number of rotatable bonds is 10. The second-order valence-corrected chi connectivity index (χ2v) is 14.1. The third-order valence-electron chi connectivity index (χ3n) is 7.57. The lowest BCUT2D eigenvalue weighted by atomic mass is 9.93. The van der Waals surface area contributed by atoms with E-state index in [1.54, 1.807) is 30.3 Å². The van der Waals surface area contributed by atoms with Gasteiger partial charge in [-0.1, -0.05) is 72.4 Å². The van der Waals surface area contributed by atoms with Crippen LogP contribution in [-0.4, -0.2) is 41.5 Å². The summed E-state index contributed by atoms with van der Waals surface area (Å²) in [5, 5.41) is 4.57. The van der Waals surface area contributed by atoms with E-state index in [1.807, 2.05) is 38.1 Å². The first-order chi connectivity index (χ1) is 20.3. The molecule has 0 unspecified atom stereocenters. The van der Waals surface area contributed by atoms with Gasteiger partial charge in [-0.15, -0.1) is 0 Å². The first-order valence-electron chi connectivity index (χ1n) is 14.2. The summed E-state index contributed by atoms with van der Waals surface area (Å²) < 4.78 is 92.0. The quantitative estimate of drug-likeness (QED) is 0.324. The number of nitrogens with one attached hydrogen (secondary N) is 2. The Morgan fingerprint density at radius 2 is 1.49 bits per heavy atom. The van der Waals surface area contributed by atoms with Crippen LogP contribution in [0, 0.1) is 0 Å². The minimum absolute atomic E-state index is 0.0477. The van der Waals surface area contributed by atoms with Crippen LogP contribution in [0.1, 0.15) is 57.1 Å². The van der Waals surface area contributed by atoms with Gasteiger partial charge >= 0.3 is 15.5 Å². The number of halogens is 3. The van der Waals surface area contributed by atoms with Crippen LogP contribution in [-0.2, 0) is 20.0 Å². The van der Waals surface area contributed by atoms with Crippen LogP contribution in [0.15, 0.2) is 71.6 Å². The minimum Gasteiger partial charge on any atom is -0.382 e. The van der Waals surface area contributed by atoms with Crippen molar-refractivity contribution < 1.29 is 30.0 Å². The van der Waals surface area contributed by atoms with Gasteiger partial charge in [-0.25, -0.2) is 16.8 Å². The van der Waals surface area contributed by atoms with Crippen LogP contribution < -0.4 is 24.8 Å². The third-order valence-corrected chi connectivity index (χ3v) is 10.8. The Balaban J connectivity index is 1.96. The number of anilines is 2. The Morgan fingerprint density at radius 3 is 2.05 bits per heavy atom. The molecular formula is C31H36F3N3O4S2. The lowest BCUT2D eigenvalue weighted by Gasteiger charge is -2.25. The van der Waals surface area contributed by atoms with E-state index in [0.717, 1.165) is 55.0 Å². The predicted molar refractivity (Wildman–Crippen MR) is 165 cm³/mol. The molecule has 43 heavy (non-hydrogen) atoms. The number of sulfonamides is 2. The van der Waals surface area contributed by atoms with Gasteiger partial charge in [0.1, 0.15) is 0 Å². The van der Waals surface area contributed by atoms with Gasteiger partial charge in [-0.05, 0) is 72.5 Å². The highest BCUT2D eigenvalue weighted by molar-refractivity contribution is 8.05. The molecule has 0 amide bonds. The SMILES string of the molecule is C=c1ccc(=C(c2ccc(N(CC)CC)cc2)c2ccc(NC3CCCCC3)cc2S(=O)(=O)NS(=O)(=O)C(F)(F)F)cc1. The summed E-state index contributed by atoms with van der Waals surface area (Å²) in [7, 11) is -11.5. The van der Waals surface area contributed by atoms with Gasteiger partial charge in [0.2, 0.25) is 0 Å². The van der Waals surface area contributed by atoms with E-state index in [-0.39, 0.29) is 11.6 Å². The molecule has 0 saturated heterocycles. The molecule has 3 aromatic carbocycles. The predicted octanol–water partition coefficient (Wildman–Crippen LogP) is 5.06. The standard InChI is InChI=1S/C31H36F3N3O4S2/c1-4-37(5-2)27-18-15-24(16-19-27)30(23-13-11-22(3)12-14-23)28-20-17-26(35-25-9-7-6-8-10-25)21-29(28)42(38,39)36-43(40,41)31(32,33)34/h11-21,25,35-36H,3-10H2,1-2H3. The molecule has 1 saturated carbocycles. The zero-order valence-corrected chi connectivity index (χ0v) is 25.7. The Bertz CT molecular complexity index is 1740. The van der Waals surface area contributed by atoms with Gasteiger partial charge in [0.05, 0.1) is 4.90 Å². The Kier molecular flexibility index (Phi) is 9.93. The summed E-state index contributed by atoms with van der Waals surface area (Å²) >= 11 is 0. The van der Waals surface area contributed by atoms with E-state index < -0.39 is 30.5 Å². The van der Waals surface area contributed by atoms with E-state index in [9.17, 15) is 30.0 Å². The Morgan fingerprint density at radius 1 is 0.884 bits per heavy atom. The first-order valence-corrected chi connectivity index (χ1v) is 17.1. The van der Waals surface area contributed by atoms with Crippen molar-refractivity contribution in [3.8, 4) is 0 Å². The molecule has 7 nitrogen and oxygen atoms in total. The maximum Gasteiger partial charge on any atom is 0.512 e. The average molecular weight is 636 g/mol. The van der Waals surface area contributed by atoms with Crippen molar-refractivity contribution in [2.45, 2.75) is 62.4 Å². The van der Waals surface area contributed by atoms with Crippen molar-refractivity contribution in [1.29, 1.82) is 0 Å². The maximum atomic E-state index is 13.6. The van der Waals surface area contributed by atoms with Gasteiger partial charge in [-0.3, -0.25) is 0 Å². The molecule has 232 valence electrons. The number of benzene rings is 3. The summed E-state index contributed by atoms with van der Waals surface area (Å²) in [5.41, 5.74) is -3.47. The summed E-state index contributed by atoms with van der Waals surface area (Å²) in [5.74, 6) is 0. The van der Waals surface area contributed by atoms with Crippen molar-refractivity contribution in [2.75, 3.05) is 23.3 Å². The molecule has 0 spiro atoms. The molecule has 0 radical (unpaired) electrons. The molecule has 3 aromatic rings. The molecule has 2 N–H and O–H groups in total. The number of hydrogen-bond donors (Lipinski definition) is 2. The van der Waals surface area contributed by atoms with Gasteiger partial charge in [0, 0.05) is 36.1 Å². The fourth-order valence-electron chi connectivity index (χ4n) is 5.34. The van der Waals surface area contributed by atoms with E-state index >= 15 is 0 Å². The molecule has 0 aromatic heterocycles.